The van der Waals surface area contributed by atoms with Crippen molar-refractivity contribution in [3.8, 4) is 5.75 Å². The lowest BCUT2D eigenvalue weighted by molar-refractivity contribution is 0.163. The van der Waals surface area contributed by atoms with Crippen LogP contribution in [0.5, 0.6) is 5.75 Å². The second kappa shape index (κ2) is 4.80. The molecule has 90 valence electrons. The van der Waals surface area contributed by atoms with Crippen molar-refractivity contribution in [3.63, 3.8) is 0 Å². The zero-order chi connectivity index (χ0) is 12.3. The van der Waals surface area contributed by atoms with Crippen molar-refractivity contribution in [1.82, 2.24) is 5.32 Å². The maximum absolute atomic E-state index is 12.8. The van der Waals surface area contributed by atoms with E-state index in [1.165, 1.54) is 12.1 Å². The van der Waals surface area contributed by atoms with E-state index in [0.717, 1.165) is 6.07 Å². The Kier molecular flexibility index (Phi) is 3.88. The molecule has 4 heteroatoms. The normalized spacial score (nSPS) is 13.8. The summed E-state index contributed by atoms with van der Waals surface area (Å²) in [5.41, 5.74) is 0.402. The van der Waals surface area contributed by atoms with E-state index >= 15 is 0 Å². The zero-order valence-electron chi connectivity index (χ0n) is 9.79. The molecule has 0 aromatic heterocycles. The van der Waals surface area contributed by atoms with Gasteiger partial charge in [0.15, 0.2) is 11.6 Å². The maximum atomic E-state index is 12.8. The minimum absolute atomic E-state index is 0.0942. The number of rotatable bonds is 3. The van der Waals surface area contributed by atoms with Gasteiger partial charge >= 0.3 is 0 Å². The van der Waals surface area contributed by atoms with E-state index in [1.807, 2.05) is 20.8 Å². The Balaban J connectivity index is 2.66. The van der Waals surface area contributed by atoms with Gasteiger partial charge in [-0.3, -0.25) is 0 Å². The van der Waals surface area contributed by atoms with Crippen molar-refractivity contribution in [1.29, 1.82) is 0 Å². The van der Waals surface area contributed by atoms with Gasteiger partial charge in [0, 0.05) is 12.1 Å². The number of halogens is 1. The summed E-state index contributed by atoms with van der Waals surface area (Å²) in [5.74, 6) is -1.12. The van der Waals surface area contributed by atoms with Crippen LogP contribution in [-0.4, -0.2) is 22.3 Å². The number of benzene rings is 1. The van der Waals surface area contributed by atoms with Crippen LogP contribution < -0.4 is 5.32 Å². The molecule has 0 spiro atoms. The van der Waals surface area contributed by atoms with E-state index in [-0.39, 0.29) is 5.54 Å². The van der Waals surface area contributed by atoms with Gasteiger partial charge in [-0.1, -0.05) is 6.07 Å². The number of phenolic OH excluding ortho intramolecular Hbond substituents is 1. The predicted octanol–water partition coefficient (Wildman–Crippen LogP) is 1.95. The first-order valence-corrected chi connectivity index (χ1v) is 5.21. The van der Waals surface area contributed by atoms with Crippen LogP contribution in [-0.2, 0) is 0 Å². The Hall–Kier alpha value is -1.13. The fourth-order valence-electron chi connectivity index (χ4n) is 1.26. The van der Waals surface area contributed by atoms with Gasteiger partial charge < -0.3 is 15.5 Å². The first kappa shape index (κ1) is 12.9. The monoisotopic (exact) mass is 227 g/mol. The Morgan fingerprint density at radius 3 is 2.50 bits per heavy atom. The largest absolute Gasteiger partial charge is 0.505 e. The minimum Gasteiger partial charge on any atom is -0.505 e. The SMILES string of the molecule is CC(C)(C)NC[C@H](O)c1ccc(F)c(O)c1. The Morgan fingerprint density at radius 1 is 1.38 bits per heavy atom. The molecule has 0 saturated heterocycles. The fourth-order valence-corrected chi connectivity index (χ4v) is 1.26. The highest BCUT2D eigenvalue weighted by atomic mass is 19.1. The average Bonchev–Trinajstić information content (AvgIpc) is 2.17. The molecule has 3 N–H and O–H groups in total. The smallest absolute Gasteiger partial charge is 0.164 e. The molecular formula is C12H18FNO2. The molecule has 16 heavy (non-hydrogen) atoms. The lowest BCUT2D eigenvalue weighted by Gasteiger charge is -2.23. The van der Waals surface area contributed by atoms with Crippen LogP contribution in [0.3, 0.4) is 0 Å². The molecule has 0 unspecified atom stereocenters. The third-order valence-electron chi connectivity index (χ3n) is 2.18. The third-order valence-corrected chi connectivity index (χ3v) is 2.18. The average molecular weight is 227 g/mol. The molecule has 0 aliphatic heterocycles. The molecule has 1 aromatic rings. The molecule has 0 amide bonds. The minimum atomic E-state index is -0.759. The number of hydrogen-bond acceptors (Lipinski definition) is 3. The molecule has 0 heterocycles. The van der Waals surface area contributed by atoms with E-state index in [1.54, 1.807) is 0 Å². The summed E-state index contributed by atoms with van der Waals surface area (Å²) >= 11 is 0. The molecule has 0 radical (unpaired) electrons. The van der Waals surface area contributed by atoms with Crippen LogP contribution in [0.4, 0.5) is 4.39 Å². The van der Waals surface area contributed by atoms with Gasteiger partial charge in [0.25, 0.3) is 0 Å². The van der Waals surface area contributed by atoms with Crippen LogP contribution in [0.2, 0.25) is 0 Å². The van der Waals surface area contributed by atoms with Crippen molar-refractivity contribution in [2.75, 3.05) is 6.54 Å². The van der Waals surface area contributed by atoms with Gasteiger partial charge in [-0.15, -0.1) is 0 Å². The third kappa shape index (κ3) is 3.79. The number of phenols is 1. The molecule has 1 atom stereocenters. The number of β-amino-alcohol motifs (C(OH)–C–C–N with tert-alkyl or cyclic N) is 1. The molecule has 3 nitrogen and oxygen atoms in total. The van der Waals surface area contributed by atoms with Crippen molar-refractivity contribution in [2.24, 2.45) is 0 Å². The summed E-state index contributed by atoms with van der Waals surface area (Å²) in [6.07, 6.45) is -0.759. The summed E-state index contributed by atoms with van der Waals surface area (Å²) in [6, 6.07) is 3.85. The zero-order valence-corrected chi connectivity index (χ0v) is 9.79. The van der Waals surface area contributed by atoms with Gasteiger partial charge in [0.1, 0.15) is 0 Å². The molecular weight excluding hydrogens is 209 g/mol. The van der Waals surface area contributed by atoms with Crippen molar-refractivity contribution < 1.29 is 14.6 Å². The summed E-state index contributed by atoms with van der Waals surface area (Å²) in [4.78, 5) is 0. The van der Waals surface area contributed by atoms with Gasteiger partial charge in [-0.2, -0.15) is 0 Å². The molecule has 1 rings (SSSR count). The number of aliphatic hydroxyl groups is 1. The lowest BCUT2D eigenvalue weighted by atomic mass is 10.1. The summed E-state index contributed by atoms with van der Waals surface area (Å²) < 4.78 is 12.8. The summed E-state index contributed by atoms with van der Waals surface area (Å²) in [6.45, 7) is 6.32. The highest BCUT2D eigenvalue weighted by Gasteiger charge is 2.14. The lowest BCUT2D eigenvalue weighted by Crippen LogP contribution is -2.38. The molecule has 0 fully saturated rings. The maximum Gasteiger partial charge on any atom is 0.164 e. The van der Waals surface area contributed by atoms with Crippen LogP contribution in [0.1, 0.15) is 32.4 Å². The molecule has 0 aliphatic rings. The second-order valence-corrected chi connectivity index (χ2v) is 4.86. The Labute approximate surface area is 94.9 Å². The number of hydrogen-bond donors (Lipinski definition) is 3. The van der Waals surface area contributed by atoms with Crippen molar-refractivity contribution >= 4 is 0 Å². The highest BCUT2D eigenvalue weighted by Crippen LogP contribution is 2.21. The van der Waals surface area contributed by atoms with Gasteiger partial charge in [0.05, 0.1) is 6.10 Å². The van der Waals surface area contributed by atoms with Crippen LogP contribution >= 0.6 is 0 Å². The highest BCUT2D eigenvalue weighted by molar-refractivity contribution is 5.30. The van der Waals surface area contributed by atoms with Crippen LogP contribution in [0, 0.1) is 5.82 Å². The van der Waals surface area contributed by atoms with Gasteiger partial charge in [-0.25, -0.2) is 4.39 Å². The topological polar surface area (TPSA) is 52.5 Å². The van der Waals surface area contributed by atoms with Crippen molar-refractivity contribution in [3.05, 3.63) is 29.6 Å². The fraction of sp³-hybridized carbons (Fsp3) is 0.500. The Bertz CT molecular complexity index is 361. The Morgan fingerprint density at radius 2 is 2.00 bits per heavy atom. The van der Waals surface area contributed by atoms with E-state index in [4.69, 9.17) is 0 Å². The summed E-state index contributed by atoms with van der Waals surface area (Å²) in [5, 5.41) is 22.1. The first-order chi connectivity index (χ1) is 7.29. The standard InChI is InChI=1S/C12H18FNO2/c1-12(2,3)14-7-11(16)8-4-5-9(13)10(15)6-8/h4-6,11,14-16H,7H2,1-3H3/t11-/m0/s1. The first-order valence-electron chi connectivity index (χ1n) is 5.21. The van der Waals surface area contributed by atoms with Crippen LogP contribution in [0.15, 0.2) is 18.2 Å². The quantitative estimate of drug-likeness (QED) is 0.739. The van der Waals surface area contributed by atoms with Crippen molar-refractivity contribution in [2.45, 2.75) is 32.4 Å². The van der Waals surface area contributed by atoms with E-state index in [2.05, 4.69) is 5.32 Å². The summed E-state index contributed by atoms with van der Waals surface area (Å²) in [7, 11) is 0. The van der Waals surface area contributed by atoms with E-state index in [9.17, 15) is 14.6 Å². The van der Waals surface area contributed by atoms with Gasteiger partial charge in [-0.05, 0) is 38.5 Å². The predicted molar refractivity (Wildman–Crippen MR) is 60.8 cm³/mol. The molecule has 0 saturated carbocycles. The number of nitrogens with one attached hydrogen (secondary N) is 1. The van der Waals surface area contributed by atoms with E-state index in [0.29, 0.717) is 12.1 Å². The van der Waals surface area contributed by atoms with E-state index < -0.39 is 17.7 Å². The number of aliphatic hydroxyl groups excluding tert-OH is 1. The van der Waals surface area contributed by atoms with Crippen LogP contribution in [0.25, 0.3) is 0 Å². The number of aromatic hydroxyl groups is 1. The molecule has 0 bridgehead atoms. The second-order valence-electron chi connectivity index (χ2n) is 4.86. The molecule has 1 aromatic carbocycles. The van der Waals surface area contributed by atoms with Gasteiger partial charge in [0.2, 0.25) is 0 Å². The molecule has 0 aliphatic carbocycles.